The average molecular weight is 280 g/mol. The predicted octanol–water partition coefficient (Wildman–Crippen LogP) is 2.07. The van der Waals surface area contributed by atoms with Crippen molar-refractivity contribution in [2.75, 3.05) is 0 Å². The molecule has 1 heterocycles. The summed E-state index contributed by atoms with van der Waals surface area (Å²) in [5.41, 5.74) is 0.0216. The molecule has 0 saturated heterocycles. The molecule has 0 atom stereocenters. The Morgan fingerprint density at radius 1 is 1.42 bits per heavy atom. The Bertz CT molecular complexity index is 700. The highest BCUT2D eigenvalue weighted by Gasteiger charge is 2.13. The van der Waals surface area contributed by atoms with Crippen molar-refractivity contribution in [1.29, 1.82) is 0 Å². The third kappa shape index (κ3) is 3.19. The van der Waals surface area contributed by atoms with Crippen molar-refractivity contribution < 1.29 is 14.3 Å². The number of rotatable bonds is 3. The molecule has 0 amide bonds. The van der Waals surface area contributed by atoms with Crippen molar-refractivity contribution in [2.24, 2.45) is 0 Å². The van der Waals surface area contributed by atoms with Gasteiger partial charge in [0.25, 0.3) is 5.56 Å². The van der Waals surface area contributed by atoms with Crippen LogP contribution >= 0.6 is 11.8 Å². The first-order chi connectivity index (χ1) is 8.95. The topological polar surface area (TPSA) is 83.0 Å². The smallest absolute Gasteiger partial charge is 0.336 e. The number of aromatic nitrogens is 2. The van der Waals surface area contributed by atoms with Crippen LogP contribution in [0.3, 0.4) is 0 Å². The quantitative estimate of drug-likeness (QED) is 0.841. The van der Waals surface area contributed by atoms with E-state index in [1.54, 1.807) is 6.92 Å². The number of nitrogens with zero attached hydrogens (tertiary/aromatic N) is 1. The summed E-state index contributed by atoms with van der Waals surface area (Å²) in [6, 6.07) is 4.75. The molecule has 0 radical (unpaired) electrons. The fourth-order valence-electron chi connectivity index (χ4n) is 1.46. The number of carbonyl (C=O) groups is 1. The number of aromatic carboxylic acids is 1. The van der Waals surface area contributed by atoms with Gasteiger partial charge in [-0.05, 0) is 25.1 Å². The van der Waals surface area contributed by atoms with E-state index in [2.05, 4.69) is 9.97 Å². The minimum atomic E-state index is -1.24. The molecule has 19 heavy (non-hydrogen) atoms. The summed E-state index contributed by atoms with van der Waals surface area (Å²) in [4.78, 5) is 29.2. The maximum Gasteiger partial charge on any atom is 0.336 e. The molecule has 2 aromatic rings. The molecule has 98 valence electrons. The van der Waals surface area contributed by atoms with E-state index in [-0.39, 0.29) is 16.3 Å². The highest BCUT2D eigenvalue weighted by molar-refractivity contribution is 7.99. The predicted molar refractivity (Wildman–Crippen MR) is 67.1 cm³/mol. The van der Waals surface area contributed by atoms with Gasteiger partial charge in [0.2, 0.25) is 0 Å². The Morgan fingerprint density at radius 3 is 2.79 bits per heavy atom. The van der Waals surface area contributed by atoms with E-state index in [4.69, 9.17) is 5.11 Å². The van der Waals surface area contributed by atoms with Crippen LogP contribution in [0.25, 0.3) is 0 Å². The molecule has 1 aromatic carbocycles. The van der Waals surface area contributed by atoms with Crippen molar-refractivity contribution >= 4 is 17.7 Å². The molecule has 0 aliphatic carbocycles. The van der Waals surface area contributed by atoms with Crippen molar-refractivity contribution in [1.82, 2.24) is 9.97 Å². The van der Waals surface area contributed by atoms with Gasteiger partial charge < -0.3 is 10.1 Å². The highest BCUT2D eigenvalue weighted by atomic mass is 32.2. The molecule has 2 N–H and O–H groups in total. The Morgan fingerprint density at radius 2 is 2.16 bits per heavy atom. The molecule has 0 aliphatic heterocycles. The number of benzene rings is 1. The zero-order valence-corrected chi connectivity index (χ0v) is 10.6. The molecule has 2 rings (SSSR count). The molecule has 0 aliphatic rings. The van der Waals surface area contributed by atoms with Crippen LogP contribution in [0.4, 0.5) is 4.39 Å². The van der Waals surface area contributed by atoms with Crippen LogP contribution in [0.15, 0.2) is 39.1 Å². The minimum absolute atomic E-state index is 0.172. The number of carboxylic acids is 1. The first kappa shape index (κ1) is 13.3. The molecule has 0 saturated carbocycles. The summed E-state index contributed by atoms with van der Waals surface area (Å²) in [5, 5.41) is 9.27. The van der Waals surface area contributed by atoms with E-state index in [0.717, 1.165) is 23.9 Å². The lowest BCUT2D eigenvalue weighted by Crippen LogP contribution is -2.08. The van der Waals surface area contributed by atoms with Crippen LogP contribution in [-0.4, -0.2) is 21.0 Å². The second-order valence-corrected chi connectivity index (χ2v) is 4.77. The summed E-state index contributed by atoms with van der Waals surface area (Å²) in [5.74, 6) is -1.87. The van der Waals surface area contributed by atoms with Gasteiger partial charge in [-0.25, -0.2) is 14.2 Å². The van der Waals surface area contributed by atoms with Crippen LogP contribution in [0.1, 0.15) is 16.1 Å². The van der Waals surface area contributed by atoms with Gasteiger partial charge in [0.05, 0.1) is 5.56 Å². The highest BCUT2D eigenvalue weighted by Crippen LogP contribution is 2.28. The van der Waals surface area contributed by atoms with Crippen molar-refractivity contribution in [3.63, 3.8) is 0 Å². The fourth-order valence-corrected chi connectivity index (χ4v) is 2.40. The van der Waals surface area contributed by atoms with Gasteiger partial charge in [0, 0.05) is 16.7 Å². The summed E-state index contributed by atoms with van der Waals surface area (Å²) in [7, 11) is 0. The Labute approximate surface area is 111 Å². The largest absolute Gasteiger partial charge is 0.478 e. The van der Waals surface area contributed by atoms with Crippen LogP contribution in [0.5, 0.6) is 0 Å². The van der Waals surface area contributed by atoms with Gasteiger partial charge in [-0.1, -0.05) is 11.8 Å². The van der Waals surface area contributed by atoms with Crippen molar-refractivity contribution in [3.8, 4) is 0 Å². The zero-order valence-electron chi connectivity index (χ0n) is 9.81. The average Bonchev–Trinajstić information content (AvgIpc) is 2.30. The lowest BCUT2D eigenvalue weighted by atomic mass is 10.2. The normalized spacial score (nSPS) is 10.4. The van der Waals surface area contributed by atoms with Crippen LogP contribution in [0.2, 0.25) is 0 Å². The SMILES string of the molecule is Cc1cc(=O)[nH]c(Sc2ccc(F)cc2C(=O)O)n1. The second-order valence-electron chi connectivity index (χ2n) is 3.74. The maximum absolute atomic E-state index is 13.0. The number of nitrogens with one attached hydrogen (secondary N) is 1. The van der Waals surface area contributed by atoms with Crippen molar-refractivity contribution in [3.05, 3.63) is 51.7 Å². The molecule has 1 aromatic heterocycles. The van der Waals surface area contributed by atoms with E-state index >= 15 is 0 Å². The molecular formula is C12H9FN2O3S. The van der Waals surface area contributed by atoms with Crippen molar-refractivity contribution in [2.45, 2.75) is 17.0 Å². The fraction of sp³-hybridized carbons (Fsp3) is 0.0833. The lowest BCUT2D eigenvalue weighted by Gasteiger charge is -2.05. The zero-order chi connectivity index (χ0) is 14.0. The second kappa shape index (κ2) is 5.23. The lowest BCUT2D eigenvalue weighted by molar-refractivity contribution is 0.0692. The third-order valence-corrected chi connectivity index (χ3v) is 3.19. The summed E-state index contributed by atoms with van der Waals surface area (Å²) in [6.07, 6.45) is 0. The van der Waals surface area contributed by atoms with Gasteiger partial charge in [-0.2, -0.15) is 0 Å². The van der Waals surface area contributed by atoms with Gasteiger partial charge in [-0.15, -0.1) is 0 Å². The number of aromatic amines is 1. The minimum Gasteiger partial charge on any atom is -0.478 e. The van der Waals surface area contributed by atoms with Gasteiger partial charge in [-0.3, -0.25) is 4.79 Å². The number of halogens is 1. The summed E-state index contributed by atoms with van der Waals surface area (Å²) in [6.45, 7) is 1.65. The number of aryl methyl sites for hydroxylation is 1. The first-order valence-electron chi connectivity index (χ1n) is 5.24. The summed E-state index contributed by atoms with van der Waals surface area (Å²) >= 11 is 0.965. The Balaban J connectivity index is 2.43. The number of hydrogen-bond acceptors (Lipinski definition) is 4. The summed E-state index contributed by atoms with van der Waals surface area (Å²) < 4.78 is 13.0. The van der Waals surface area contributed by atoms with E-state index in [9.17, 15) is 14.0 Å². The van der Waals surface area contributed by atoms with Gasteiger partial charge in [0.15, 0.2) is 5.16 Å². The standard InChI is InChI=1S/C12H9FN2O3S/c1-6-4-10(16)15-12(14-6)19-9-3-2-7(13)5-8(9)11(17)18/h2-5H,1H3,(H,17,18)(H,14,15,16). The van der Waals surface area contributed by atoms with Crippen LogP contribution < -0.4 is 5.56 Å². The van der Waals surface area contributed by atoms with E-state index in [1.807, 2.05) is 0 Å². The first-order valence-corrected chi connectivity index (χ1v) is 6.06. The maximum atomic E-state index is 13.0. The molecule has 0 fully saturated rings. The molecule has 5 nitrogen and oxygen atoms in total. The molecule has 7 heteroatoms. The van der Waals surface area contributed by atoms with E-state index in [1.165, 1.54) is 12.1 Å². The van der Waals surface area contributed by atoms with Gasteiger partial charge >= 0.3 is 5.97 Å². The molecule has 0 spiro atoms. The number of carboxylic acid groups (broad SMARTS) is 1. The number of H-pyrrole nitrogens is 1. The monoisotopic (exact) mass is 280 g/mol. The van der Waals surface area contributed by atoms with E-state index < -0.39 is 11.8 Å². The third-order valence-electron chi connectivity index (χ3n) is 2.23. The molecule has 0 bridgehead atoms. The van der Waals surface area contributed by atoms with Crippen LogP contribution in [-0.2, 0) is 0 Å². The molecule has 0 unspecified atom stereocenters. The Hall–Kier alpha value is -2.15. The Kier molecular flexibility index (Phi) is 3.66. The number of hydrogen-bond donors (Lipinski definition) is 2. The van der Waals surface area contributed by atoms with Crippen LogP contribution in [0, 0.1) is 12.7 Å². The molecular weight excluding hydrogens is 271 g/mol. The van der Waals surface area contributed by atoms with Gasteiger partial charge in [0.1, 0.15) is 5.82 Å². The van der Waals surface area contributed by atoms with E-state index in [0.29, 0.717) is 10.6 Å².